The number of anilines is 3. The topological polar surface area (TPSA) is 111 Å². The number of nitrogens with zero attached hydrogens (tertiary/aromatic N) is 3. The van der Waals surface area contributed by atoms with Gasteiger partial charge in [-0.25, -0.2) is 9.97 Å². The van der Waals surface area contributed by atoms with E-state index in [0.29, 0.717) is 11.5 Å². The lowest BCUT2D eigenvalue weighted by molar-refractivity contribution is -0.383. The van der Waals surface area contributed by atoms with Crippen molar-refractivity contribution in [3.05, 3.63) is 70.0 Å². The van der Waals surface area contributed by atoms with Crippen molar-refractivity contribution in [2.45, 2.75) is 12.7 Å². The SMILES string of the molecule is O=[N+]([O-])c1c(NCc2ccc3c(c2)OCO3)ncnc1Nc1cccc(C(F)(F)F)c1. The normalized spacial score (nSPS) is 12.5. The summed E-state index contributed by atoms with van der Waals surface area (Å²) in [4.78, 5) is 18.7. The van der Waals surface area contributed by atoms with Gasteiger partial charge < -0.3 is 20.1 Å². The Bertz CT molecular complexity index is 1140. The van der Waals surface area contributed by atoms with Gasteiger partial charge in [-0.1, -0.05) is 12.1 Å². The van der Waals surface area contributed by atoms with Crippen LogP contribution < -0.4 is 20.1 Å². The van der Waals surface area contributed by atoms with Crippen molar-refractivity contribution < 1.29 is 27.6 Å². The van der Waals surface area contributed by atoms with Crippen LogP contribution in [-0.4, -0.2) is 21.7 Å². The molecule has 0 radical (unpaired) electrons. The number of aromatic nitrogens is 2. The standard InChI is InChI=1S/C19H14F3N5O4/c20-19(21,22)12-2-1-3-13(7-12)26-18-16(27(28)29)17(24-9-25-18)23-8-11-4-5-14-15(6-11)31-10-30-14/h1-7,9H,8,10H2,(H2,23,24,25,26). The highest BCUT2D eigenvalue weighted by molar-refractivity contribution is 5.74. The third-order valence-electron chi connectivity index (χ3n) is 4.35. The van der Waals surface area contributed by atoms with Crippen LogP contribution in [0.25, 0.3) is 0 Å². The molecule has 12 heteroatoms. The quantitative estimate of drug-likeness (QED) is 0.432. The monoisotopic (exact) mass is 433 g/mol. The fourth-order valence-corrected chi connectivity index (χ4v) is 2.92. The van der Waals surface area contributed by atoms with Gasteiger partial charge in [0.1, 0.15) is 6.33 Å². The molecular weight excluding hydrogens is 419 g/mol. The van der Waals surface area contributed by atoms with Crippen molar-refractivity contribution in [2.75, 3.05) is 17.4 Å². The maximum absolute atomic E-state index is 12.9. The number of fused-ring (bicyclic) bond motifs is 1. The maximum atomic E-state index is 12.9. The highest BCUT2D eigenvalue weighted by Gasteiger charge is 2.31. The number of halogens is 3. The molecule has 3 aromatic rings. The number of benzene rings is 2. The molecule has 0 unspecified atom stereocenters. The zero-order valence-corrected chi connectivity index (χ0v) is 15.6. The van der Waals surface area contributed by atoms with Crippen LogP contribution in [0.3, 0.4) is 0 Å². The summed E-state index contributed by atoms with van der Waals surface area (Å²) in [6.07, 6.45) is -3.47. The first-order chi connectivity index (χ1) is 14.8. The molecule has 0 bridgehead atoms. The van der Waals surface area contributed by atoms with E-state index in [1.807, 2.05) is 0 Å². The van der Waals surface area contributed by atoms with Crippen LogP contribution >= 0.6 is 0 Å². The molecule has 0 amide bonds. The number of hydrogen-bond acceptors (Lipinski definition) is 8. The van der Waals surface area contributed by atoms with Gasteiger partial charge in [0.15, 0.2) is 11.5 Å². The minimum Gasteiger partial charge on any atom is -0.454 e. The Morgan fingerprint density at radius 2 is 1.84 bits per heavy atom. The molecular formula is C19H14F3N5O4. The van der Waals surface area contributed by atoms with E-state index < -0.39 is 22.4 Å². The van der Waals surface area contributed by atoms with E-state index >= 15 is 0 Å². The Kier molecular flexibility index (Phi) is 5.19. The van der Waals surface area contributed by atoms with Gasteiger partial charge in [-0.15, -0.1) is 0 Å². The van der Waals surface area contributed by atoms with E-state index in [0.717, 1.165) is 24.0 Å². The minimum atomic E-state index is -4.55. The van der Waals surface area contributed by atoms with Gasteiger partial charge in [0.2, 0.25) is 18.4 Å². The van der Waals surface area contributed by atoms with Gasteiger partial charge in [0.25, 0.3) is 0 Å². The lowest BCUT2D eigenvalue weighted by Gasteiger charge is -2.12. The molecule has 9 nitrogen and oxygen atoms in total. The van der Waals surface area contributed by atoms with Crippen molar-refractivity contribution >= 4 is 23.0 Å². The predicted octanol–water partition coefficient (Wildman–Crippen LogP) is 4.49. The fraction of sp³-hybridized carbons (Fsp3) is 0.158. The van der Waals surface area contributed by atoms with E-state index in [-0.39, 0.29) is 30.7 Å². The van der Waals surface area contributed by atoms with Crippen molar-refractivity contribution in [1.82, 2.24) is 9.97 Å². The van der Waals surface area contributed by atoms with Gasteiger partial charge in [0, 0.05) is 12.2 Å². The van der Waals surface area contributed by atoms with E-state index in [1.165, 1.54) is 12.1 Å². The van der Waals surface area contributed by atoms with Crippen molar-refractivity contribution in [3.63, 3.8) is 0 Å². The summed E-state index contributed by atoms with van der Waals surface area (Å²) in [5, 5.41) is 17.1. The summed E-state index contributed by atoms with van der Waals surface area (Å²) in [5.74, 6) is 0.826. The summed E-state index contributed by atoms with van der Waals surface area (Å²) >= 11 is 0. The van der Waals surface area contributed by atoms with Crippen molar-refractivity contribution in [2.24, 2.45) is 0 Å². The van der Waals surface area contributed by atoms with Crippen LogP contribution in [0.1, 0.15) is 11.1 Å². The Morgan fingerprint density at radius 1 is 1.06 bits per heavy atom. The van der Waals surface area contributed by atoms with E-state index in [9.17, 15) is 23.3 Å². The van der Waals surface area contributed by atoms with Crippen LogP contribution in [0.15, 0.2) is 48.8 Å². The molecule has 31 heavy (non-hydrogen) atoms. The van der Waals surface area contributed by atoms with E-state index in [2.05, 4.69) is 20.6 Å². The summed E-state index contributed by atoms with van der Waals surface area (Å²) in [5.41, 5.74) is -0.640. The summed E-state index contributed by atoms with van der Waals surface area (Å²) in [6, 6.07) is 9.48. The fourth-order valence-electron chi connectivity index (χ4n) is 2.92. The van der Waals surface area contributed by atoms with Gasteiger partial charge in [0.05, 0.1) is 10.5 Å². The van der Waals surface area contributed by atoms with Crippen molar-refractivity contribution in [3.8, 4) is 11.5 Å². The van der Waals surface area contributed by atoms with Crippen LogP contribution in [0.4, 0.5) is 36.2 Å². The zero-order chi connectivity index (χ0) is 22.0. The molecule has 0 saturated carbocycles. The molecule has 1 aliphatic rings. The first-order valence-corrected chi connectivity index (χ1v) is 8.87. The van der Waals surface area contributed by atoms with Gasteiger partial charge in [-0.05, 0) is 35.9 Å². The molecule has 2 heterocycles. The molecule has 1 aromatic heterocycles. The first-order valence-electron chi connectivity index (χ1n) is 8.87. The molecule has 0 atom stereocenters. The third kappa shape index (κ3) is 4.42. The molecule has 160 valence electrons. The molecule has 2 aromatic carbocycles. The summed E-state index contributed by atoms with van der Waals surface area (Å²) < 4.78 is 49.3. The minimum absolute atomic E-state index is 0.00153. The second-order valence-electron chi connectivity index (χ2n) is 6.42. The molecule has 0 spiro atoms. The average molecular weight is 433 g/mol. The van der Waals surface area contributed by atoms with Crippen molar-refractivity contribution in [1.29, 1.82) is 0 Å². The molecule has 0 saturated heterocycles. The number of nitrogens with one attached hydrogen (secondary N) is 2. The molecule has 0 fully saturated rings. The van der Waals surface area contributed by atoms with Gasteiger partial charge >= 0.3 is 11.9 Å². The lowest BCUT2D eigenvalue weighted by atomic mass is 10.2. The number of alkyl halides is 3. The molecule has 0 aliphatic carbocycles. The highest BCUT2D eigenvalue weighted by Crippen LogP contribution is 2.35. The molecule has 1 aliphatic heterocycles. The lowest BCUT2D eigenvalue weighted by Crippen LogP contribution is -2.09. The maximum Gasteiger partial charge on any atom is 0.416 e. The third-order valence-corrected chi connectivity index (χ3v) is 4.35. The molecule has 2 N–H and O–H groups in total. The number of ether oxygens (including phenoxy) is 2. The smallest absolute Gasteiger partial charge is 0.416 e. The van der Waals surface area contributed by atoms with Gasteiger partial charge in [-0.2, -0.15) is 13.2 Å². The Balaban J connectivity index is 1.58. The Labute approximate surface area is 173 Å². The summed E-state index contributed by atoms with van der Waals surface area (Å²) in [7, 11) is 0. The Morgan fingerprint density at radius 3 is 2.61 bits per heavy atom. The number of nitro groups is 1. The predicted molar refractivity (Wildman–Crippen MR) is 103 cm³/mol. The Hall–Kier alpha value is -4.09. The average Bonchev–Trinajstić information content (AvgIpc) is 3.19. The van der Waals surface area contributed by atoms with Crippen LogP contribution in [0.2, 0.25) is 0 Å². The second kappa shape index (κ2) is 7.97. The van der Waals surface area contributed by atoms with E-state index in [1.54, 1.807) is 18.2 Å². The van der Waals surface area contributed by atoms with Crippen LogP contribution in [0, 0.1) is 10.1 Å². The van der Waals surface area contributed by atoms with Crippen LogP contribution in [-0.2, 0) is 12.7 Å². The number of hydrogen-bond donors (Lipinski definition) is 2. The largest absolute Gasteiger partial charge is 0.454 e. The summed E-state index contributed by atoms with van der Waals surface area (Å²) in [6.45, 7) is 0.297. The first kappa shape index (κ1) is 20.2. The van der Waals surface area contributed by atoms with E-state index in [4.69, 9.17) is 9.47 Å². The number of rotatable bonds is 6. The van der Waals surface area contributed by atoms with Crippen LogP contribution in [0.5, 0.6) is 11.5 Å². The highest BCUT2D eigenvalue weighted by atomic mass is 19.4. The van der Waals surface area contributed by atoms with Gasteiger partial charge in [-0.3, -0.25) is 10.1 Å². The second-order valence-corrected chi connectivity index (χ2v) is 6.42. The molecule has 4 rings (SSSR count). The zero-order valence-electron chi connectivity index (χ0n) is 15.6.